The lowest BCUT2D eigenvalue weighted by Crippen LogP contribution is -2.45. The molecule has 2 rings (SSSR count). The number of phenolic OH excluding ortho intramolecular Hbond substituents is 1. The first-order valence-corrected chi connectivity index (χ1v) is 6.41. The number of ketones is 1. The number of aromatic hydroxyl groups is 1. The lowest BCUT2D eigenvalue weighted by atomic mass is 10.1. The molecule has 0 amide bonds. The van der Waals surface area contributed by atoms with Gasteiger partial charge < -0.3 is 10.4 Å². The summed E-state index contributed by atoms with van der Waals surface area (Å²) >= 11 is 5.99. The van der Waals surface area contributed by atoms with E-state index in [1.165, 1.54) is 6.07 Å². The summed E-state index contributed by atoms with van der Waals surface area (Å²) in [6.07, 6.45) is 0. The van der Waals surface area contributed by atoms with Crippen LogP contribution >= 0.6 is 11.6 Å². The SMILES string of the molecule is Cc1cc(O)c(C(=O)CN2CCNCC2)cc1Cl. The van der Waals surface area contributed by atoms with Crippen molar-refractivity contribution >= 4 is 17.4 Å². The Hall–Kier alpha value is -1.10. The largest absolute Gasteiger partial charge is 0.507 e. The maximum Gasteiger partial charge on any atom is 0.180 e. The van der Waals surface area contributed by atoms with Crippen LogP contribution in [0.1, 0.15) is 15.9 Å². The van der Waals surface area contributed by atoms with Crippen molar-refractivity contribution in [3.63, 3.8) is 0 Å². The Morgan fingerprint density at radius 1 is 1.44 bits per heavy atom. The van der Waals surface area contributed by atoms with Crippen molar-refractivity contribution in [3.8, 4) is 5.75 Å². The van der Waals surface area contributed by atoms with Gasteiger partial charge in [-0.05, 0) is 24.6 Å². The van der Waals surface area contributed by atoms with Gasteiger partial charge in [-0.15, -0.1) is 0 Å². The molecule has 1 aromatic carbocycles. The van der Waals surface area contributed by atoms with Crippen molar-refractivity contribution in [3.05, 3.63) is 28.3 Å². The number of phenols is 1. The molecule has 0 bridgehead atoms. The zero-order chi connectivity index (χ0) is 13.1. The van der Waals surface area contributed by atoms with Crippen molar-refractivity contribution in [2.24, 2.45) is 0 Å². The first-order valence-electron chi connectivity index (χ1n) is 6.03. The Balaban J connectivity index is 2.10. The number of nitrogens with one attached hydrogen (secondary N) is 1. The molecule has 0 aliphatic carbocycles. The van der Waals surface area contributed by atoms with Crippen molar-refractivity contribution in [2.75, 3.05) is 32.7 Å². The Morgan fingerprint density at radius 3 is 2.78 bits per heavy atom. The number of carbonyl (C=O) groups is 1. The average Bonchev–Trinajstić information content (AvgIpc) is 2.35. The van der Waals surface area contributed by atoms with Gasteiger partial charge in [-0.3, -0.25) is 9.69 Å². The van der Waals surface area contributed by atoms with Gasteiger partial charge in [0.15, 0.2) is 5.78 Å². The van der Waals surface area contributed by atoms with E-state index in [1.54, 1.807) is 13.0 Å². The molecule has 0 radical (unpaired) electrons. The highest BCUT2D eigenvalue weighted by molar-refractivity contribution is 6.31. The number of benzene rings is 1. The summed E-state index contributed by atoms with van der Waals surface area (Å²) in [4.78, 5) is 14.2. The summed E-state index contributed by atoms with van der Waals surface area (Å²) in [6.45, 7) is 5.63. The van der Waals surface area contributed by atoms with Crippen molar-refractivity contribution in [1.82, 2.24) is 10.2 Å². The van der Waals surface area contributed by atoms with E-state index in [2.05, 4.69) is 10.2 Å². The second kappa shape index (κ2) is 5.69. The van der Waals surface area contributed by atoms with E-state index in [0.29, 0.717) is 17.1 Å². The number of aryl methyl sites for hydroxylation is 1. The number of hydrogen-bond acceptors (Lipinski definition) is 4. The molecule has 1 heterocycles. The van der Waals surface area contributed by atoms with Crippen molar-refractivity contribution in [2.45, 2.75) is 6.92 Å². The van der Waals surface area contributed by atoms with E-state index in [-0.39, 0.29) is 11.5 Å². The molecule has 0 aromatic heterocycles. The number of halogens is 1. The van der Waals surface area contributed by atoms with Crippen LogP contribution in [0.5, 0.6) is 5.75 Å². The Kier molecular flexibility index (Phi) is 4.22. The van der Waals surface area contributed by atoms with Crippen LogP contribution in [0.3, 0.4) is 0 Å². The molecule has 2 N–H and O–H groups in total. The highest BCUT2D eigenvalue weighted by Gasteiger charge is 2.18. The van der Waals surface area contributed by atoms with E-state index in [9.17, 15) is 9.90 Å². The lowest BCUT2D eigenvalue weighted by Gasteiger charge is -2.26. The Morgan fingerprint density at radius 2 is 2.11 bits per heavy atom. The van der Waals surface area contributed by atoms with Gasteiger partial charge in [-0.1, -0.05) is 11.6 Å². The molecule has 4 nitrogen and oxygen atoms in total. The zero-order valence-corrected chi connectivity index (χ0v) is 11.1. The van der Waals surface area contributed by atoms with Crippen LogP contribution in [0.4, 0.5) is 0 Å². The second-order valence-electron chi connectivity index (χ2n) is 4.57. The van der Waals surface area contributed by atoms with Gasteiger partial charge >= 0.3 is 0 Å². The highest BCUT2D eigenvalue weighted by Crippen LogP contribution is 2.26. The molecule has 0 unspecified atom stereocenters. The van der Waals surface area contributed by atoms with Gasteiger partial charge in [0.05, 0.1) is 12.1 Å². The molecule has 1 fully saturated rings. The van der Waals surface area contributed by atoms with Crippen LogP contribution in [0, 0.1) is 6.92 Å². The van der Waals surface area contributed by atoms with Gasteiger partial charge in [-0.2, -0.15) is 0 Å². The maximum absolute atomic E-state index is 12.1. The van der Waals surface area contributed by atoms with Crippen LogP contribution in [0.15, 0.2) is 12.1 Å². The average molecular weight is 269 g/mol. The van der Waals surface area contributed by atoms with E-state index in [0.717, 1.165) is 31.7 Å². The van der Waals surface area contributed by atoms with Gasteiger partial charge in [-0.25, -0.2) is 0 Å². The van der Waals surface area contributed by atoms with Gasteiger partial charge in [0, 0.05) is 31.2 Å². The molecule has 98 valence electrons. The molecule has 0 spiro atoms. The van der Waals surface area contributed by atoms with Gasteiger partial charge in [0.25, 0.3) is 0 Å². The molecule has 5 heteroatoms. The smallest absolute Gasteiger partial charge is 0.180 e. The summed E-state index contributed by atoms with van der Waals surface area (Å²) in [6, 6.07) is 3.09. The molecule has 1 aliphatic heterocycles. The topological polar surface area (TPSA) is 52.6 Å². The van der Waals surface area contributed by atoms with E-state index in [4.69, 9.17) is 11.6 Å². The van der Waals surface area contributed by atoms with Crippen LogP contribution < -0.4 is 5.32 Å². The summed E-state index contributed by atoms with van der Waals surface area (Å²) in [5.74, 6) is -0.0756. The Bertz CT molecular complexity index is 457. The molecular weight excluding hydrogens is 252 g/mol. The quantitative estimate of drug-likeness (QED) is 0.815. The minimum absolute atomic E-state index is 0.0111. The molecule has 0 saturated carbocycles. The fraction of sp³-hybridized carbons (Fsp3) is 0.462. The van der Waals surface area contributed by atoms with E-state index >= 15 is 0 Å². The maximum atomic E-state index is 12.1. The molecule has 1 aliphatic rings. The fourth-order valence-electron chi connectivity index (χ4n) is 2.05. The minimum Gasteiger partial charge on any atom is -0.507 e. The predicted molar refractivity (Wildman–Crippen MR) is 71.5 cm³/mol. The monoisotopic (exact) mass is 268 g/mol. The van der Waals surface area contributed by atoms with Crippen LogP contribution in [0.2, 0.25) is 5.02 Å². The summed E-state index contributed by atoms with van der Waals surface area (Å²) in [5.41, 5.74) is 1.08. The molecular formula is C13H17ClN2O2. The fourth-order valence-corrected chi connectivity index (χ4v) is 2.21. The van der Waals surface area contributed by atoms with Gasteiger partial charge in [0.1, 0.15) is 5.75 Å². The van der Waals surface area contributed by atoms with Crippen LogP contribution in [-0.4, -0.2) is 48.5 Å². The number of rotatable bonds is 3. The third-order valence-corrected chi connectivity index (χ3v) is 3.56. The molecule has 1 aromatic rings. The van der Waals surface area contributed by atoms with Crippen LogP contribution in [-0.2, 0) is 0 Å². The van der Waals surface area contributed by atoms with Crippen LogP contribution in [0.25, 0.3) is 0 Å². The number of hydrogen-bond donors (Lipinski definition) is 2. The third kappa shape index (κ3) is 3.02. The Labute approximate surface area is 112 Å². The normalized spacial score (nSPS) is 16.8. The van der Waals surface area contributed by atoms with Crippen molar-refractivity contribution in [1.29, 1.82) is 0 Å². The first-order chi connectivity index (χ1) is 8.58. The zero-order valence-electron chi connectivity index (χ0n) is 10.4. The van der Waals surface area contributed by atoms with E-state index < -0.39 is 0 Å². The number of piperazine rings is 1. The number of nitrogens with zero attached hydrogens (tertiary/aromatic N) is 1. The standard InChI is InChI=1S/C13H17ClN2O2/c1-9-6-12(17)10(7-11(9)14)13(18)8-16-4-2-15-3-5-16/h6-7,15,17H,2-5,8H2,1H3. The molecule has 1 saturated heterocycles. The second-order valence-corrected chi connectivity index (χ2v) is 4.98. The molecule has 18 heavy (non-hydrogen) atoms. The summed E-state index contributed by atoms with van der Waals surface area (Å²) < 4.78 is 0. The molecule has 0 atom stereocenters. The number of Topliss-reactive ketones (excluding diaryl/α,β-unsaturated/α-hetero) is 1. The lowest BCUT2D eigenvalue weighted by molar-refractivity contribution is 0.0919. The highest BCUT2D eigenvalue weighted by atomic mass is 35.5. The minimum atomic E-state index is -0.0868. The third-order valence-electron chi connectivity index (χ3n) is 3.15. The van der Waals surface area contributed by atoms with Gasteiger partial charge in [0.2, 0.25) is 0 Å². The predicted octanol–water partition coefficient (Wildman–Crippen LogP) is 1.44. The van der Waals surface area contributed by atoms with Crippen molar-refractivity contribution < 1.29 is 9.90 Å². The van der Waals surface area contributed by atoms with E-state index in [1.807, 2.05) is 0 Å². The summed E-state index contributed by atoms with van der Waals surface area (Å²) in [5, 5.41) is 13.5. The first kappa shape index (κ1) is 13.3. The summed E-state index contributed by atoms with van der Waals surface area (Å²) in [7, 11) is 0. The number of carbonyl (C=O) groups excluding carboxylic acids is 1.